The van der Waals surface area contributed by atoms with E-state index >= 15 is 0 Å². The molecule has 0 radical (unpaired) electrons. The number of benzene rings is 2. The van der Waals surface area contributed by atoms with E-state index in [0.717, 1.165) is 0 Å². The van der Waals surface area contributed by atoms with Gasteiger partial charge in [-0.15, -0.1) is 11.3 Å². The molecule has 3 rings (SSSR count). The number of rotatable bonds is 3. The lowest BCUT2D eigenvalue weighted by molar-refractivity contribution is 0.900. The molecule has 20 heavy (non-hydrogen) atoms. The van der Waals surface area contributed by atoms with Gasteiger partial charge < -0.3 is 5.32 Å². The Morgan fingerprint density at radius 3 is 2.65 bits per heavy atom. The third kappa shape index (κ3) is 2.69. The van der Waals surface area contributed by atoms with Crippen LogP contribution in [0.2, 0.25) is 0 Å². The van der Waals surface area contributed by atoms with Gasteiger partial charge >= 0.3 is 0 Å². The average molecular weight is 393 g/mol. The molecule has 0 aliphatic carbocycles. The molecular weight excluding hydrogens is 377 g/mol. The number of hydrogen-bond acceptors (Lipinski definition) is 2. The van der Waals surface area contributed by atoms with Crippen molar-refractivity contribution in [2.45, 2.75) is 19.9 Å². The standard InChI is InChI=1S/C17H16INS/c1-11-15-8-3-4-9-16(15)20-17(11)12(2)19-14-7-5-6-13(18)10-14/h3-10,12,19H,1-2H3. The number of nitrogens with one attached hydrogen (secondary N) is 1. The van der Waals surface area contributed by atoms with Gasteiger partial charge in [-0.1, -0.05) is 24.3 Å². The maximum absolute atomic E-state index is 3.61. The average Bonchev–Trinajstić information content (AvgIpc) is 2.77. The Bertz CT molecular complexity index is 748. The molecule has 1 heterocycles. The van der Waals surface area contributed by atoms with Crippen LogP contribution in [0.4, 0.5) is 5.69 Å². The van der Waals surface area contributed by atoms with Crippen LogP contribution in [0.25, 0.3) is 10.1 Å². The first-order valence-electron chi connectivity index (χ1n) is 6.65. The van der Waals surface area contributed by atoms with Crippen molar-refractivity contribution in [3.05, 3.63) is 62.5 Å². The normalized spacial score (nSPS) is 12.6. The minimum atomic E-state index is 0.325. The van der Waals surface area contributed by atoms with Crippen LogP contribution in [0, 0.1) is 10.5 Å². The molecule has 0 saturated carbocycles. The number of fused-ring (bicyclic) bond motifs is 1. The third-order valence-electron chi connectivity index (χ3n) is 3.48. The summed E-state index contributed by atoms with van der Waals surface area (Å²) in [4.78, 5) is 1.42. The summed E-state index contributed by atoms with van der Waals surface area (Å²) in [6.07, 6.45) is 0. The Balaban J connectivity index is 1.92. The van der Waals surface area contributed by atoms with Gasteiger partial charge in [0.15, 0.2) is 0 Å². The first-order valence-corrected chi connectivity index (χ1v) is 8.55. The number of hydrogen-bond donors (Lipinski definition) is 1. The first-order chi connectivity index (χ1) is 9.65. The summed E-state index contributed by atoms with van der Waals surface area (Å²) >= 11 is 4.24. The minimum absolute atomic E-state index is 0.325. The van der Waals surface area contributed by atoms with E-state index in [9.17, 15) is 0 Å². The fourth-order valence-corrected chi connectivity index (χ4v) is 4.26. The van der Waals surface area contributed by atoms with Crippen molar-refractivity contribution in [2.75, 3.05) is 5.32 Å². The summed E-state index contributed by atoms with van der Waals surface area (Å²) in [5.74, 6) is 0. The fourth-order valence-electron chi connectivity index (χ4n) is 2.50. The van der Waals surface area contributed by atoms with E-state index in [1.807, 2.05) is 11.3 Å². The minimum Gasteiger partial charge on any atom is -0.378 e. The molecule has 1 atom stereocenters. The highest BCUT2D eigenvalue weighted by molar-refractivity contribution is 14.1. The van der Waals surface area contributed by atoms with E-state index in [2.05, 4.69) is 90.3 Å². The van der Waals surface area contributed by atoms with E-state index in [4.69, 9.17) is 0 Å². The van der Waals surface area contributed by atoms with Crippen molar-refractivity contribution in [2.24, 2.45) is 0 Å². The van der Waals surface area contributed by atoms with Crippen molar-refractivity contribution < 1.29 is 0 Å². The second kappa shape index (κ2) is 5.74. The Morgan fingerprint density at radius 1 is 1.10 bits per heavy atom. The maximum Gasteiger partial charge on any atom is 0.0581 e. The second-order valence-corrected chi connectivity index (χ2v) is 7.29. The van der Waals surface area contributed by atoms with Crippen molar-refractivity contribution >= 4 is 49.7 Å². The predicted molar refractivity (Wildman–Crippen MR) is 97.8 cm³/mol. The highest BCUT2D eigenvalue weighted by Gasteiger charge is 2.14. The monoisotopic (exact) mass is 393 g/mol. The molecule has 0 saturated heterocycles. The lowest BCUT2D eigenvalue weighted by atomic mass is 10.1. The van der Waals surface area contributed by atoms with Gasteiger partial charge in [0.2, 0.25) is 0 Å². The van der Waals surface area contributed by atoms with Gasteiger partial charge in [-0.2, -0.15) is 0 Å². The molecule has 3 heteroatoms. The Kier molecular flexibility index (Phi) is 3.98. The van der Waals surface area contributed by atoms with Crippen LogP contribution in [0.3, 0.4) is 0 Å². The third-order valence-corrected chi connectivity index (χ3v) is 5.61. The molecule has 0 fully saturated rings. The van der Waals surface area contributed by atoms with E-state index in [1.54, 1.807) is 0 Å². The van der Waals surface area contributed by atoms with Crippen molar-refractivity contribution in [3.63, 3.8) is 0 Å². The molecule has 3 aromatic rings. The topological polar surface area (TPSA) is 12.0 Å². The van der Waals surface area contributed by atoms with Crippen LogP contribution in [0.5, 0.6) is 0 Å². The van der Waals surface area contributed by atoms with Gasteiger partial charge in [0.05, 0.1) is 6.04 Å². The van der Waals surface area contributed by atoms with E-state index in [1.165, 1.54) is 29.8 Å². The molecule has 2 aromatic carbocycles. The fraction of sp³-hybridized carbons (Fsp3) is 0.176. The molecule has 0 aliphatic heterocycles. The smallest absolute Gasteiger partial charge is 0.0581 e. The quantitative estimate of drug-likeness (QED) is 0.539. The lowest BCUT2D eigenvalue weighted by Gasteiger charge is -2.15. The summed E-state index contributed by atoms with van der Waals surface area (Å²) in [7, 11) is 0. The summed E-state index contributed by atoms with van der Waals surface area (Å²) in [5, 5.41) is 4.98. The summed E-state index contributed by atoms with van der Waals surface area (Å²) < 4.78 is 2.63. The van der Waals surface area contributed by atoms with Gasteiger partial charge in [0, 0.05) is 18.8 Å². The summed E-state index contributed by atoms with van der Waals surface area (Å²) in [5.41, 5.74) is 2.58. The van der Waals surface area contributed by atoms with Crippen molar-refractivity contribution in [3.8, 4) is 0 Å². The van der Waals surface area contributed by atoms with Crippen LogP contribution in [0.1, 0.15) is 23.4 Å². The number of thiophene rings is 1. The molecule has 1 unspecified atom stereocenters. The Labute approximate surface area is 137 Å². The summed E-state index contributed by atoms with van der Waals surface area (Å²) in [6.45, 7) is 4.46. The number of aryl methyl sites for hydroxylation is 1. The van der Waals surface area contributed by atoms with Crippen LogP contribution in [-0.2, 0) is 0 Å². The lowest BCUT2D eigenvalue weighted by Crippen LogP contribution is -2.06. The van der Waals surface area contributed by atoms with Crippen LogP contribution >= 0.6 is 33.9 Å². The molecule has 1 aromatic heterocycles. The highest BCUT2D eigenvalue weighted by Crippen LogP contribution is 2.35. The van der Waals surface area contributed by atoms with Crippen LogP contribution in [-0.4, -0.2) is 0 Å². The van der Waals surface area contributed by atoms with Gasteiger partial charge in [0.1, 0.15) is 0 Å². The SMILES string of the molecule is Cc1c(C(C)Nc2cccc(I)c2)sc2ccccc12. The van der Waals surface area contributed by atoms with Crippen molar-refractivity contribution in [1.29, 1.82) is 0 Å². The maximum atomic E-state index is 3.61. The van der Waals surface area contributed by atoms with Gasteiger partial charge in [0.25, 0.3) is 0 Å². The van der Waals surface area contributed by atoms with Crippen LogP contribution < -0.4 is 5.32 Å². The van der Waals surface area contributed by atoms with Crippen LogP contribution in [0.15, 0.2) is 48.5 Å². The molecule has 0 aliphatic rings. The zero-order valence-electron chi connectivity index (χ0n) is 11.5. The molecule has 102 valence electrons. The molecule has 0 bridgehead atoms. The van der Waals surface area contributed by atoms with Crippen molar-refractivity contribution in [1.82, 2.24) is 0 Å². The Hall–Kier alpha value is -1.07. The molecule has 0 spiro atoms. The molecule has 1 nitrogen and oxygen atoms in total. The van der Waals surface area contributed by atoms with Gasteiger partial charge in [-0.3, -0.25) is 0 Å². The highest BCUT2D eigenvalue weighted by atomic mass is 127. The second-order valence-electron chi connectivity index (χ2n) is 4.96. The molecular formula is C17H16INS. The van der Waals surface area contributed by atoms with Gasteiger partial charge in [-0.25, -0.2) is 0 Å². The number of anilines is 1. The van der Waals surface area contributed by atoms with E-state index in [0.29, 0.717) is 6.04 Å². The molecule has 0 amide bonds. The zero-order chi connectivity index (χ0) is 14.1. The first kappa shape index (κ1) is 13.9. The van der Waals surface area contributed by atoms with E-state index < -0.39 is 0 Å². The summed E-state index contributed by atoms with van der Waals surface area (Å²) in [6, 6.07) is 17.5. The predicted octanol–water partition coefficient (Wildman–Crippen LogP) is 5.99. The largest absolute Gasteiger partial charge is 0.378 e. The van der Waals surface area contributed by atoms with Gasteiger partial charge in [-0.05, 0) is 71.7 Å². The Morgan fingerprint density at radius 2 is 1.90 bits per heavy atom. The number of halogens is 1. The zero-order valence-corrected chi connectivity index (χ0v) is 14.5. The molecule has 1 N–H and O–H groups in total. The van der Waals surface area contributed by atoms with E-state index in [-0.39, 0.29) is 0 Å².